The number of amides is 1. The van der Waals surface area contributed by atoms with Crippen molar-refractivity contribution in [1.29, 1.82) is 0 Å². The first kappa shape index (κ1) is 20.1. The van der Waals surface area contributed by atoms with Gasteiger partial charge in [0.05, 0.1) is 5.69 Å². The summed E-state index contributed by atoms with van der Waals surface area (Å²) in [6.07, 6.45) is 1.91. The maximum Gasteiger partial charge on any atom is 0.286 e. The molecule has 1 aliphatic rings. The van der Waals surface area contributed by atoms with Crippen molar-refractivity contribution in [2.45, 2.75) is 45.4 Å². The maximum absolute atomic E-state index is 12.7. The van der Waals surface area contributed by atoms with Crippen LogP contribution in [-0.4, -0.2) is 26.7 Å². The number of anilines is 2. The molecule has 6 nitrogen and oxygen atoms in total. The number of fused-ring (bicyclic) bond motifs is 1. The Labute approximate surface area is 166 Å². The summed E-state index contributed by atoms with van der Waals surface area (Å²) in [5.41, 5.74) is 3.62. The van der Waals surface area contributed by atoms with E-state index < -0.39 is 10.0 Å². The van der Waals surface area contributed by atoms with Crippen LogP contribution in [0.1, 0.15) is 48.2 Å². The van der Waals surface area contributed by atoms with Crippen LogP contribution in [-0.2, 0) is 10.0 Å². The van der Waals surface area contributed by atoms with E-state index in [-0.39, 0.29) is 16.4 Å². The summed E-state index contributed by atoms with van der Waals surface area (Å²) in [7, 11) is -3.83. The number of carbonyl (C=O) groups excluding carboxylic acids is 1. The van der Waals surface area contributed by atoms with Gasteiger partial charge in [0, 0.05) is 17.8 Å². The zero-order valence-corrected chi connectivity index (χ0v) is 17.4. The van der Waals surface area contributed by atoms with Gasteiger partial charge in [0.2, 0.25) is 0 Å². The normalized spacial score (nSPS) is 15.0. The lowest BCUT2D eigenvalue weighted by atomic mass is 10.1. The lowest BCUT2D eigenvalue weighted by Gasteiger charge is -2.29. The fraction of sp³-hybridized carbons (Fsp3) is 0.333. The van der Waals surface area contributed by atoms with Gasteiger partial charge in [-0.2, -0.15) is 8.42 Å². The van der Waals surface area contributed by atoms with Crippen molar-refractivity contribution in [3.05, 3.63) is 53.1 Å². The number of rotatable bonds is 5. The minimum absolute atomic E-state index is 0.0721. The number of nitrogens with zero attached hydrogens (tertiary/aromatic N) is 2. The van der Waals surface area contributed by atoms with Crippen LogP contribution in [0.5, 0.6) is 0 Å². The first-order valence-corrected chi connectivity index (χ1v) is 10.8. The zero-order valence-electron chi connectivity index (χ0n) is 16.6. The maximum atomic E-state index is 12.7. The molecule has 148 valence electrons. The molecular formula is C21H25N3O3S. The summed E-state index contributed by atoms with van der Waals surface area (Å²) in [6, 6.07) is 10.4. The molecule has 0 spiro atoms. The lowest BCUT2D eigenvalue weighted by Crippen LogP contribution is -2.34. The van der Waals surface area contributed by atoms with Crippen molar-refractivity contribution in [3.8, 4) is 0 Å². The molecule has 0 aliphatic carbocycles. The smallest absolute Gasteiger partial charge is 0.286 e. The van der Waals surface area contributed by atoms with E-state index in [0.29, 0.717) is 23.8 Å². The standard InChI is InChI=1S/C21H25N3O3S/c1-5-6-12-24-16(4)23-28(26,27)20-13-17(10-11-19(20)24)21(25)22-18-9-7-8-14(2)15(18)3/h7-11,13H,5-6,12H2,1-4H3,(H,22,25). The number of benzene rings is 2. The molecule has 1 N–H and O–H groups in total. The number of unbranched alkanes of at least 4 members (excludes halogenated alkanes) is 1. The Kier molecular flexibility index (Phi) is 5.56. The second-order valence-corrected chi connectivity index (χ2v) is 8.58. The van der Waals surface area contributed by atoms with Crippen molar-refractivity contribution >= 4 is 33.1 Å². The fourth-order valence-electron chi connectivity index (χ4n) is 3.21. The van der Waals surface area contributed by atoms with Crippen molar-refractivity contribution < 1.29 is 13.2 Å². The monoisotopic (exact) mass is 399 g/mol. The van der Waals surface area contributed by atoms with Crippen LogP contribution in [0.3, 0.4) is 0 Å². The largest absolute Gasteiger partial charge is 0.328 e. The fourth-order valence-corrected chi connectivity index (χ4v) is 4.47. The number of hydrogen-bond donors (Lipinski definition) is 1. The third-order valence-electron chi connectivity index (χ3n) is 5.02. The Morgan fingerprint density at radius 3 is 2.61 bits per heavy atom. The average molecular weight is 400 g/mol. The molecule has 28 heavy (non-hydrogen) atoms. The molecule has 2 aromatic carbocycles. The second kappa shape index (κ2) is 7.75. The Morgan fingerprint density at radius 1 is 1.14 bits per heavy atom. The highest BCUT2D eigenvalue weighted by molar-refractivity contribution is 7.90. The molecule has 0 saturated heterocycles. The van der Waals surface area contributed by atoms with Crippen LogP contribution in [0.2, 0.25) is 0 Å². The van der Waals surface area contributed by atoms with Crippen LogP contribution in [0.15, 0.2) is 45.7 Å². The molecule has 0 radical (unpaired) electrons. The summed E-state index contributed by atoms with van der Waals surface area (Å²) in [5, 5.41) is 2.87. The molecule has 2 aromatic rings. The second-order valence-electron chi connectivity index (χ2n) is 7.00. The molecule has 0 unspecified atom stereocenters. The topological polar surface area (TPSA) is 78.8 Å². The predicted molar refractivity (Wildman–Crippen MR) is 113 cm³/mol. The van der Waals surface area contributed by atoms with Gasteiger partial charge in [-0.05, 0) is 62.6 Å². The van der Waals surface area contributed by atoms with E-state index in [0.717, 1.165) is 24.0 Å². The summed E-state index contributed by atoms with van der Waals surface area (Å²) in [5.74, 6) is 0.103. The predicted octanol–water partition coefficient (Wildman–Crippen LogP) is 4.28. The highest BCUT2D eigenvalue weighted by Crippen LogP contribution is 2.33. The van der Waals surface area contributed by atoms with Crippen LogP contribution in [0.25, 0.3) is 0 Å². The molecule has 0 aromatic heterocycles. The van der Waals surface area contributed by atoms with E-state index in [1.165, 1.54) is 6.07 Å². The minimum atomic E-state index is -3.83. The molecule has 1 heterocycles. The molecule has 0 bridgehead atoms. The third kappa shape index (κ3) is 3.80. The van der Waals surface area contributed by atoms with E-state index in [1.807, 2.05) is 36.9 Å². The van der Waals surface area contributed by atoms with Crippen molar-refractivity contribution in [2.75, 3.05) is 16.8 Å². The number of sulfonamides is 1. The van der Waals surface area contributed by atoms with E-state index in [1.54, 1.807) is 19.1 Å². The highest BCUT2D eigenvalue weighted by atomic mass is 32.2. The summed E-state index contributed by atoms with van der Waals surface area (Å²) < 4.78 is 29.1. The first-order valence-electron chi connectivity index (χ1n) is 9.35. The van der Waals surface area contributed by atoms with Crippen molar-refractivity contribution in [3.63, 3.8) is 0 Å². The van der Waals surface area contributed by atoms with Crippen molar-refractivity contribution in [2.24, 2.45) is 4.40 Å². The summed E-state index contributed by atoms with van der Waals surface area (Å²) >= 11 is 0. The van der Waals surface area contributed by atoms with E-state index in [9.17, 15) is 13.2 Å². The molecule has 0 atom stereocenters. The highest BCUT2D eigenvalue weighted by Gasteiger charge is 2.29. The number of nitrogens with one attached hydrogen (secondary N) is 1. The van der Waals surface area contributed by atoms with Crippen LogP contribution >= 0.6 is 0 Å². The number of hydrogen-bond acceptors (Lipinski definition) is 4. The summed E-state index contributed by atoms with van der Waals surface area (Å²) in [4.78, 5) is 14.7. The quantitative estimate of drug-likeness (QED) is 0.814. The van der Waals surface area contributed by atoms with E-state index in [2.05, 4.69) is 16.6 Å². The van der Waals surface area contributed by atoms with Gasteiger partial charge in [-0.25, -0.2) is 0 Å². The Balaban J connectivity index is 1.96. The van der Waals surface area contributed by atoms with Crippen LogP contribution in [0, 0.1) is 13.8 Å². The SMILES string of the molecule is CCCCN1C(C)=NS(=O)(=O)c2cc(C(=O)Nc3cccc(C)c3C)ccc21. The Morgan fingerprint density at radius 2 is 1.89 bits per heavy atom. The molecule has 0 fully saturated rings. The van der Waals surface area contributed by atoms with Gasteiger partial charge >= 0.3 is 0 Å². The van der Waals surface area contributed by atoms with E-state index >= 15 is 0 Å². The van der Waals surface area contributed by atoms with Gasteiger partial charge in [0.15, 0.2) is 0 Å². The van der Waals surface area contributed by atoms with Gasteiger partial charge in [0.1, 0.15) is 10.7 Å². The van der Waals surface area contributed by atoms with Gasteiger partial charge < -0.3 is 10.2 Å². The number of carbonyl (C=O) groups is 1. The number of aryl methyl sites for hydroxylation is 1. The van der Waals surface area contributed by atoms with E-state index in [4.69, 9.17) is 0 Å². The zero-order chi connectivity index (χ0) is 20.5. The molecule has 3 rings (SSSR count). The Bertz CT molecular complexity index is 1060. The molecule has 0 saturated carbocycles. The van der Waals surface area contributed by atoms with Crippen LogP contribution < -0.4 is 10.2 Å². The molecule has 7 heteroatoms. The third-order valence-corrected chi connectivity index (χ3v) is 6.41. The van der Waals surface area contributed by atoms with Crippen molar-refractivity contribution in [1.82, 2.24) is 0 Å². The minimum Gasteiger partial charge on any atom is -0.328 e. The summed E-state index contributed by atoms with van der Waals surface area (Å²) in [6.45, 7) is 8.36. The van der Waals surface area contributed by atoms with Crippen LogP contribution in [0.4, 0.5) is 11.4 Å². The average Bonchev–Trinajstić information content (AvgIpc) is 2.64. The molecule has 1 aliphatic heterocycles. The lowest BCUT2D eigenvalue weighted by molar-refractivity contribution is 0.102. The Hall–Kier alpha value is -2.67. The van der Waals surface area contributed by atoms with Gasteiger partial charge in [-0.1, -0.05) is 25.5 Å². The first-order chi connectivity index (χ1) is 13.2. The van der Waals surface area contributed by atoms with Gasteiger partial charge in [-0.15, -0.1) is 4.40 Å². The number of amidine groups is 1. The van der Waals surface area contributed by atoms with Gasteiger partial charge in [0.25, 0.3) is 15.9 Å². The molecular weight excluding hydrogens is 374 g/mol. The van der Waals surface area contributed by atoms with Gasteiger partial charge in [-0.3, -0.25) is 4.79 Å². The molecule has 1 amide bonds.